The monoisotopic (exact) mass is 277 g/mol. The Morgan fingerprint density at radius 3 is 3.10 bits per heavy atom. The summed E-state index contributed by atoms with van der Waals surface area (Å²) in [5.74, 6) is -0.193. The van der Waals surface area contributed by atoms with Crippen molar-refractivity contribution in [2.75, 3.05) is 20.2 Å². The molecule has 0 aromatic carbocycles. The Bertz CT molecular complexity index is 464. The van der Waals surface area contributed by atoms with Gasteiger partial charge in [0.1, 0.15) is 0 Å². The predicted octanol–water partition coefficient (Wildman–Crippen LogP) is 1.18. The van der Waals surface area contributed by atoms with E-state index < -0.39 is 0 Å². The fraction of sp³-hybridized carbons (Fsp3) is 0.500. The molecule has 1 aromatic rings. The molecule has 2 amide bonds. The van der Waals surface area contributed by atoms with Gasteiger partial charge in [-0.15, -0.1) is 0 Å². The standard InChI is InChI=1S/C14H19N3O3/c1-20-14(19)17-7-3-5-12(10-17)13(18)16-9-11-4-2-6-15-8-11/h2,4,6,8,12H,3,5,7,9-10H2,1H3,(H,16,18). The van der Waals surface area contributed by atoms with Gasteiger partial charge in [-0.1, -0.05) is 6.07 Å². The molecule has 1 aromatic heterocycles. The summed E-state index contributed by atoms with van der Waals surface area (Å²) in [5.41, 5.74) is 0.960. The number of carbonyl (C=O) groups is 2. The summed E-state index contributed by atoms with van der Waals surface area (Å²) in [7, 11) is 1.36. The first kappa shape index (κ1) is 14.3. The third-order valence-electron chi connectivity index (χ3n) is 3.41. The van der Waals surface area contributed by atoms with E-state index in [9.17, 15) is 9.59 Å². The molecule has 1 aliphatic heterocycles. The number of nitrogens with zero attached hydrogens (tertiary/aromatic N) is 2. The molecule has 1 saturated heterocycles. The van der Waals surface area contributed by atoms with Crippen LogP contribution in [0.15, 0.2) is 24.5 Å². The maximum absolute atomic E-state index is 12.1. The Kier molecular flexibility index (Phi) is 4.92. The number of hydrogen-bond donors (Lipinski definition) is 1. The fourth-order valence-electron chi connectivity index (χ4n) is 2.32. The van der Waals surface area contributed by atoms with E-state index in [1.54, 1.807) is 17.3 Å². The van der Waals surface area contributed by atoms with Crippen molar-refractivity contribution in [2.24, 2.45) is 5.92 Å². The van der Waals surface area contributed by atoms with Crippen LogP contribution in [0.1, 0.15) is 18.4 Å². The van der Waals surface area contributed by atoms with Crippen LogP contribution in [0.5, 0.6) is 0 Å². The zero-order chi connectivity index (χ0) is 14.4. The summed E-state index contributed by atoms with van der Waals surface area (Å²) < 4.78 is 4.69. The highest BCUT2D eigenvalue weighted by Crippen LogP contribution is 2.17. The Balaban J connectivity index is 1.84. The molecule has 6 nitrogen and oxygen atoms in total. The van der Waals surface area contributed by atoms with E-state index in [4.69, 9.17) is 4.74 Å². The molecule has 108 valence electrons. The number of ether oxygens (including phenoxy) is 1. The maximum atomic E-state index is 12.1. The largest absolute Gasteiger partial charge is 0.453 e. The Labute approximate surface area is 118 Å². The Morgan fingerprint density at radius 1 is 1.55 bits per heavy atom. The van der Waals surface area contributed by atoms with Gasteiger partial charge < -0.3 is 15.0 Å². The average Bonchev–Trinajstić information content (AvgIpc) is 2.53. The normalized spacial score (nSPS) is 18.4. The van der Waals surface area contributed by atoms with E-state index in [0.717, 1.165) is 18.4 Å². The van der Waals surface area contributed by atoms with Crippen LogP contribution in [0.4, 0.5) is 4.79 Å². The lowest BCUT2D eigenvalue weighted by Crippen LogP contribution is -2.45. The number of piperidine rings is 1. The van der Waals surface area contributed by atoms with Gasteiger partial charge in [0.15, 0.2) is 0 Å². The van der Waals surface area contributed by atoms with Crippen molar-refractivity contribution < 1.29 is 14.3 Å². The predicted molar refractivity (Wildman–Crippen MR) is 72.8 cm³/mol. The molecular formula is C14H19N3O3. The zero-order valence-corrected chi connectivity index (χ0v) is 11.5. The summed E-state index contributed by atoms with van der Waals surface area (Å²) in [6, 6.07) is 3.75. The molecule has 1 N–H and O–H groups in total. The number of carbonyl (C=O) groups excluding carboxylic acids is 2. The first-order chi connectivity index (χ1) is 9.70. The molecule has 0 spiro atoms. The third-order valence-corrected chi connectivity index (χ3v) is 3.41. The summed E-state index contributed by atoms with van der Waals surface area (Å²) in [6.07, 6.45) is 4.67. The van der Waals surface area contributed by atoms with Crippen molar-refractivity contribution in [3.63, 3.8) is 0 Å². The number of pyridine rings is 1. The van der Waals surface area contributed by atoms with Crippen molar-refractivity contribution in [2.45, 2.75) is 19.4 Å². The molecule has 0 aliphatic carbocycles. The molecule has 2 heterocycles. The number of nitrogens with one attached hydrogen (secondary N) is 1. The minimum atomic E-state index is -0.366. The van der Waals surface area contributed by atoms with Crippen LogP contribution in [0.3, 0.4) is 0 Å². The topological polar surface area (TPSA) is 71.5 Å². The molecule has 6 heteroatoms. The summed E-state index contributed by atoms with van der Waals surface area (Å²) in [5, 5.41) is 2.89. The van der Waals surface area contributed by atoms with Crippen molar-refractivity contribution in [3.8, 4) is 0 Å². The number of likely N-dealkylation sites (tertiary alicyclic amines) is 1. The van der Waals surface area contributed by atoms with E-state index in [1.165, 1.54) is 7.11 Å². The van der Waals surface area contributed by atoms with Gasteiger partial charge in [0.25, 0.3) is 0 Å². The van der Waals surface area contributed by atoms with Crippen LogP contribution in [0, 0.1) is 5.92 Å². The van der Waals surface area contributed by atoms with Gasteiger partial charge in [-0.2, -0.15) is 0 Å². The van der Waals surface area contributed by atoms with Crippen LogP contribution >= 0.6 is 0 Å². The average molecular weight is 277 g/mol. The molecule has 1 unspecified atom stereocenters. The van der Waals surface area contributed by atoms with E-state index in [2.05, 4.69) is 10.3 Å². The highest BCUT2D eigenvalue weighted by atomic mass is 16.5. The van der Waals surface area contributed by atoms with E-state index in [-0.39, 0.29) is 17.9 Å². The van der Waals surface area contributed by atoms with Gasteiger partial charge in [-0.05, 0) is 24.5 Å². The van der Waals surface area contributed by atoms with E-state index >= 15 is 0 Å². The van der Waals surface area contributed by atoms with Crippen LogP contribution in [0.2, 0.25) is 0 Å². The number of aromatic nitrogens is 1. The van der Waals surface area contributed by atoms with Crippen molar-refractivity contribution in [3.05, 3.63) is 30.1 Å². The highest BCUT2D eigenvalue weighted by molar-refractivity contribution is 5.79. The second-order valence-corrected chi connectivity index (χ2v) is 4.83. The number of rotatable bonds is 3. The molecule has 1 fully saturated rings. The quantitative estimate of drug-likeness (QED) is 0.900. The summed E-state index contributed by atoms with van der Waals surface area (Å²) >= 11 is 0. The molecule has 1 atom stereocenters. The molecule has 0 bridgehead atoms. The highest BCUT2D eigenvalue weighted by Gasteiger charge is 2.28. The second kappa shape index (κ2) is 6.88. The Morgan fingerprint density at radius 2 is 2.40 bits per heavy atom. The lowest BCUT2D eigenvalue weighted by molar-refractivity contribution is -0.126. The van der Waals surface area contributed by atoms with Gasteiger partial charge >= 0.3 is 6.09 Å². The lowest BCUT2D eigenvalue weighted by atomic mass is 9.97. The zero-order valence-electron chi connectivity index (χ0n) is 11.5. The van der Waals surface area contributed by atoms with Gasteiger partial charge in [0.2, 0.25) is 5.91 Å². The van der Waals surface area contributed by atoms with Crippen LogP contribution in [0.25, 0.3) is 0 Å². The molecule has 20 heavy (non-hydrogen) atoms. The van der Waals surface area contributed by atoms with Crippen molar-refractivity contribution >= 4 is 12.0 Å². The van der Waals surface area contributed by atoms with Crippen LogP contribution < -0.4 is 5.32 Å². The van der Waals surface area contributed by atoms with E-state index in [1.807, 2.05) is 12.1 Å². The molecule has 0 radical (unpaired) electrons. The number of methoxy groups -OCH3 is 1. The second-order valence-electron chi connectivity index (χ2n) is 4.83. The first-order valence-electron chi connectivity index (χ1n) is 6.70. The van der Waals surface area contributed by atoms with Crippen LogP contribution in [-0.2, 0) is 16.1 Å². The van der Waals surface area contributed by atoms with Crippen molar-refractivity contribution in [1.82, 2.24) is 15.2 Å². The van der Waals surface area contributed by atoms with Gasteiger partial charge in [-0.25, -0.2) is 4.79 Å². The summed E-state index contributed by atoms with van der Waals surface area (Å²) in [6.45, 7) is 1.53. The minimum Gasteiger partial charge on any atom is -0.453 e. The van der Waals surface area contributed by atoms with E-state index in [0.29, 0.717) is 19.6 Å². The first-order valence-corrected chi connectivity index (χ1v) is 6.70. The van der Waals surface area contributed by atoms with Gasteiger partial charge in [0.05, 0.1) is 13.0 Å². The molecule has 1 aliphatic rings. The van der Waals surface area contributed by atoms with Crippen LogP contribution in [-0.4, -0.2) is 42.1 Å². The number of hydrogen-bond acceptors (Lipinski definition) is 4. The summed E-state index contributed by atoms with van der Waals surface area (Å²) in [4.78, 5) is 29.2. The van der Waals surface area contributed by atoms with Gasteiger partial charge in [-0.3, -0.25) is 9.78 Å². The molecule has 0 saturated carbocycles. The lowest BCUT2D eigenvalue weighted by Gasteiger charge is -2.30. The molecule has 2 rings (SSSR count). The third kappa shape index (κ3) is 3.69. The SMILES string of the molecule is COC(=O)N1CCCC(C(=O)NCc2cccnc2)C1. The maximum Gasteiger partial charge on any atom is 0.409 e. The smallest absolute Gasteiger partial charge is 0.409 e. The van der Waals surface area contributed by atoms with Crippen molar-refractivity contribution in [1.29, 1.82) is 0 Å². The fourth-order valence-corrected chi connectivity index (χ4v) is 2.32. The Hall–Kier alpha value is -2.11. The molecular weight excluding hydrogens is 258 g/mol. The number of amides is 2. The van der Waals surface area contributed by atoms with Gasteiger partial charge in [0, 0.05) is 32.0 Å². The minimum absolute atomic E-state index is 0.0255.